The minimum absolute atomic E-state index is 0.291. The highest BCUT2D eigenvalue weighted by molar-refractivity contribution is 7.89. The number of aromatic nitrogens is 1. The number of rotatable bonds is 7. The van der Waals surface area contributed by atoms with E-state index in [-0.39, 0.29) is 0 Å². The van der Waals surface area contributed by atoms with Crippen LogP contribution in [-0.4, -0.2) is 55.3 Å². The van der Waals surface area contributed by atoms with Crippen LogP contribution in [0.15, 0.2) is 47.5 Å². The van der Waals surface area contributed by atoms with E-state index < -0.39 is 10.0 Å². The number of piperidine rings is 1. The van der Waals surface area contributed by atoms with Crippen LogP contribution in [0, 0.1) is 12.8 Å². The molecule has 2 aromatic rings. The third-order valence-corrected chi connectivity index (χ3v) is 8.13. The van der Waals surface area contributed by atoms with E-state index in [1.807, 2.05) is 0 Å². The fourth-order valence-electron chi connectivity index (χ4n) is 4.26. The first kappa shape index (κ1) is 21.3. The fourth-order valence-corrected chi connectivity index (χ4v) is 5.73. The van der Waals surface area contributed by atoms with Crippen LogP contribution in [0.1, 0.15) is 36.8 Å². The summed E-state index contributed by atoms with van der Waals surface area (Å²) in [6.45, 7) is 7.48. The molecule has 2 fully saturated rings. The molecule has 0 unspecified atom stereocenters. The number of hydrogen-bond donors (Lipinski definition) is 1. The van der Waals surface area contributed by atoms with Gasteiger partial charge in [-0.25, -0.2) is 13.4 Å². The maximum Gasteiger partial charge on any atom is 0.244 e. The lowest BCUT2D eigenvalue weighted by Crippen LogP contribution is -2.35. The molecule has 30 heavy (non-hydrogen) atoms. The van der Waals surface area contributed by atoms with E-state index in [0.717, 1.165) is 44.8 Å². The number of nitrogens with zero attached hydrogens (tertiary/aromatic N) is 3. The molecule has 3 heterocycles. The lowest BCUT2D eigenvalue weighted by molar-refractivity contribution is 0.182. The lowest BCUT2D eigenvalue weighted by atomic mass is 9.96. The molecule has 0 bridgehead atoms. The Bertz CT molecular complexity index is 915. The third-order valence-electron chi connectivity index (χ3n) is 6.24. The summed E-state index contributed by atoms with van der Waals surface area (Å²) in [5.74, 6) is 1.37. The lowest BCUT2D eigenvalue weighted by Gasteiger charge is -2.32. The highest BCUT2D eigenvalue weighted by Crippen LogP contribution is 2.22. The first-order valence-electron chi connectivity index (χ1n) is 11.0. The van der Waals surface area contributed by atoms with Gasteiger partial charge in [-0.1, -0.05) is 29.8 Å². The number of anilines is 1. The Morgan fingerprint density at radius 3 is 2.33 bits per heavy atom. The number of benzene rings is 1. The van der Waals surface area contributed by atoms with Crippen molar-refractivity contribution in [3.05, 3.63) is 53.7 Å². The molecule has 2 aliphatic rings. The summed E-state index contributed by atoms with van der Waals surface area (Å²) in [6, 6.07) is 12.3. The Morgan fingerprint density at radius 1 is 1.00 bits per heavy atom. The van der Waals surface area contributed by atoms with Gasteiger partial charge in [0.1, 0.15) is 10.7 Å². The number of hydrogen-bond acceptors (Lipinski definition) is 5. The number of pyridine rings is 1. The summed E-state index contributed by atoms with van der Waals surface area (Å²) in [5.41, 5.74) is 2.68. The zero-order valence-electron chi connectivity index (χ0n) is 17.8. The molecule has 0 aliphatic carbocycles. The minimum Gasteiger partial charge on any atom is -0.370 e. The molecule has 0 amide bonds. The van der Waals surface area contributed by atoms with Gasteiger partial charge in [-0.15, -0.1) is 0 Å². The second-order valence-electron chi connectivity index (χ2n) is 8.58. The predicted molar refractivity (Wildman–Crippen MR) is 120 cm³/mol. The standard InChI is InChI=1S/C23H32N4O2S/c1-19-4-6-21(7-5-19)18-26-14-10-20(11-15-26)16-24-23-9-8-22(17-25-23)30(28,29)27-12-2-3-13-27/h4-9,17,20H,2-3,10-16,18H2,1H3,(H,24,25). The molecule has 4 rings (SSSR count). The Morgan fingerprint density at radius 2 is 1.70 bits per heavy atom. The van der Waals surface area contributed by atoms with Crippen LogP contribution in [0.25, 0.3) is 0 Å². The van der Waals surface area contributed by atoms with Crippen LogP contribution in [0.4, 0.5) is 5.82 Å². The van der Waals surface area contributed by atoms with Crippen molar-refractivity contribution in [3.63, 3.8) is 0 Å². The molecule has 0 radical (unpaired) electrons. The topological polar surface area (TPSA) is 65.5 Å². The smallest absolute Gasteiger partial charge is 0.244 e. The highest BCUT2D eigenvalue weighted by Gasteiger charge is 2.27. The first-order chi connectivity index (χ1) is 14.5. The summed E-state index contributed by atoms with van der Waals surface area (Å²) in [7, 11) is -3.39. The van der Waals surface area contributed by atoms with Gasteiger partial charge in [0.15, 0.2) is 0 Å². The van der Waals surface area contributed by atoms with E-state index in [1.165, 1.54) is 30.2 Å². The van der Waals surface area contributed by atoms with E-state index in [9.17, 15) is 8.42 Å². The fraction of sp³-hybridized carbons (Fsp3) is 0.522. The molecule has 1 N–H and O–H groups in total. The third kappa shape index (κ3) is 5.20. The van der Waals surface area contributed by atoms with Gasteiger partial charge in [0.05, 0.1) is 0 Å². The van der Waals surface area contributed by atoms with Gasteiger partial charge in [-0.2, -0.15) is 4.31 Å². The molecule has 0 spiro atoms. The molecule has 1 aromatic heterocycles. The zero-order chi connectivity index (χ0) is 21.0. The van der Waals surface area contributed by atoms with E-state index >= 15 is 0 Å². The summed E-state index contributed by atoms with van der Waals surface area (Å²) in [4.78, 5) is 7.17. The normalized spacial score (nSPS) is 19.2. The Labute approximate surface area is 180 Å². The van der Waals surface area contributed by atoms with Crippen molar-refractivity contribution >= 4 is 15.8 Å². The molecule has 6 nitrogen and oxygen atoms in total. The summed E-state index contributed by atoms with van der Waals surface area (Å²) >= 11 is 0. The maximum absolute atomic E-state index is 12.6. The molecular weight excluding hydrogens is 396 g/mol. The quantitative estimate of drug-likeness (QED) is 0.731. The van der Waals surface area contributed by atoms with Crippen molar-refractivity contribution in [1.82, 2.24) is 14.2 Å². The van der Waals surface area contributed by atoms with E-state index in [1.54, 1.807) is 16.4 Å². The number of nitrogens with one attached hydrogen (secondary N) is 1. The van der Waals surface area contributed by atoms with Crippen molar-refractivity contribution < 1.29 is 8.42 Å². The van der Waals surface area contributed by atoms with E-state index in [2.05, 4.69) is 46.4 Å². The monoisotopic (exact) mass is 428 g/mol. The van der Waals surface area contributed by atoms with Crippen molar-refractivity contribution in [2.75, 3.05) is 38.0 Å². The van der Waals surface area contributed by atoms with Gasteiger partial charge >= 0.3 is 0 Å². The average Bonchev–Trinajstić information content (AvgIpc) is 3.31. The molecular formula is C23H32N4O2S. The van der Waals surface area contributed by atoms with Crippen LogP contribution in [0.3, 0.4) is 0 Å². The first-order valence-corrected chi connectivity index (χ1v) is 12.4. The van der Waals surface area contributed by atoms with Crippen LogP contribution in [-0.2, 0) is 16.6 Å². The van der Waals surface area contributed by atoms with Crippen molar-refractivity contribution in [1.29, 1.82) is 0 Å². The maximum atomic E-state index is 12.6. The van der Waals surface area contributed by atoms with Gasteiger partial charge in [0.25, 0.3) is 0 Å². The summed E-state index contributed by atoms with van der Waals surface area (Å²) in [5, 5.41) is 3.40. The molecule has 162 valence electrons. The average molecular weight is 429 g/mol. The minimum atomic E-state index is -3.39. The van der Waals surface area contributed by atoms with E-state index in [0.29, 0.717) is 23.9 Å². The van der Waals surface area contributed by atoms with Crippen LogP contribution >= 0.6 is 0 Å². The molecule has 0 atom stereocenters. The Hall–Kier alpha value is -1.96. The van der Waals surface area contributed by atoms with Gasteiger partial charge in [0.2, 0.25) is 10.0 Å². The van der Waals surface area contributed by atoms with Gasteiger partial charge in [0, 0.05) is 32.4 Å². The molecule has 2 saturated heterocycles. The second kappa shape index (κ2) is 9.45. The predicted octanol–water partition coefficient (Wildman–Crippen LogP) is 3.50. The number of sulfonamides is 1. The van der Waals surface area contributed by atoms with Crippen LogP contribution in [0.2, 0.25) is 0 Å². The summed E-state index contributed by atoms with van der Waals surface area (Å²) in [6.07, 6.45) is 5.70. The largest absolute Gasteiger partial charge is 0.370 e. The van der Waals surface area contributed by atoms with Crippen LogP contribution < -0.4 is 5.32 Å². The van der Waals surface area contributed by atoms with Crippen molar-refractivity contribution in [3.8, 4) is 0 Å². The van der Waals surface area contributed by atoms with E-state index in [4.69, 9.17) is 0 Å². The number of likely N-dealkylation sites (tertiary alicyclic amines) is 1. The molecule has 0 saturated carbocycles. The van der Waals surface area contributed by atoms with Crippen molar-refractivity contribution in [2.24, 2.45) is 5.92 Å². The highest BCUT2D eigenvalue weighted by atomic mass is 32.2. The van der Waals surface area contributed by atoms with Gasteiger partial charge in [-0.05, 0) is 69.3 Å². The SMILES string of the molecule is Cc1ccc(CN2CCC(CNc3ccc(S(=O)(=O)N4CCCC4)cn3)CC2)cc1. The van der Waals surface area contributed by atoms with Gasteiger partial charge < -0.3 is 5.32 Å². The molecule has 1 aromatic carbocycles. The van der Waals surface area contributed by atoms with Gasteiger partial charge in [-0.3, -0.25) is 4.90 Å². The molecule has 2 aliphatic heterocycles. The Kier molecular flexibility index (Phi) is 6.71. The Balaban J connectivity index is 1.23. The molecule has 7 heteroatoms. The summed E-state index contributed by atoms with van der Waals surface area (Å²) < 4.78 is 26.7. The number of aryl methyl sites for hydroxylation is 1. The van der Waals surface area contributed by atoms with Crippen LogP contribution in [0.5, 0.6) is 0 Å². The zero-order valence-corrected chi connectivity index (χ0v) is 18.6. The second-order valence-corrected chi connectivity index (χ2v) is 10.5. The van der Waals surface area contributed by atoms with Crippen molar-refractivity contribution in [2.45, 2.75) is 44.0 Å².